The van der Waals surface area contributed by atoms with Crippen LogP contribution in [0.4, 0.5) is 11.4 Å². The summed E-state index contributed by atoms with van der Waals surface area (Å²) < 4.78 is 10.8. The third-order valence-corrected chi connectivity index (χ3v) is 8.65. The molecule has 5 rings (SSSR count). The SMILES string of the molecule is COc1ccc(/C=C(/NC(=O)c2ccccc2)C(=O)Nc2cccc(SC(C(=O)Nc3ccccc3C(N)=O)c3ccccc3)c2)c(OC)c1. The molecule has 252 valence electrons. The lowest BCUT2D eigenvalue weighted by Crippen LogP contribution is -2.30. The number of para-hydroxylation sites is 1. The highest BCUT2D eigenvalue weighted by atomic mass is 32.2. The zero-order valence-corrected chi connectivity index (χ0v) is 28.0. The monoisotopic (exact) mass is 686 g/mol. The number of nitrogens with two attached hydrogens (primary N) is 1. The number of nitrogens with one attached hydrogen (secondary N) is 3. The minimum absolute atomic E-state index is 0.0324. The second-order valence-corrected chi connectivity index (χ2v) is 12.0. The van der Waals surface area contributed by atoms with Gasteiger partial charge in [0.15, 0.2) is 0 Å². The minimum Gasteiger partial charge on any atom is -0.497 e. The van der Waals surface area contributed by atoms with Crippen LogP contribution in [0.1, 0.15) is 37.1 Å². The summed E-state index contributed by atoms with van der Waals surface area (Å²) >= 11 is 1.26. The molecule has 0 aliphatic carbocycles. The number of amides is 4. The van der Waals surface area contributed by atoms with Crippen LogP contribution in [0.5, 0.6) is 11.5 Å². The van der Waals surface area contributed by atoms with Crippen molar-refractivity contribution in [2.75, 3.05) is 24.9 Å². The summed E-state index contributed by atoms with van der Waals surface area (Å²) in [4.78, 5) is 53.3. The maximum Gasteiger partial charge on any atom is 0.272 e. The number of hydrogen-bond acceptors (Lipinski definition) is 7. The first-order valence-corrected chi connectivity index (χ1v) is 16.3. The smallest absolute Gasteiger partial charge is 0.272 e. The van der Waals surface area contributed by atoms with E-state index in [1.54, 1.807) is 91.0 Å². The quantitative estimate of drug-likeness (QED) is 0.0797. The molecule has 0 saturated heterocycles. The third kappa shape index (κ3) is 8.97. The number of carbonyl (C=O) groups is 4. The van der Waals surface area contributed by atoms with Gasteiger partial charge >= 0.3 is 0 Å². The molecule has 0 heterocycles. The van der Waals surface area contributed by atoms with Crippen LogP contribution in [0, 0.1) is 0 Å². The average Bonchev–Trinajstić information content (AvgIpc) is 3.14. The van der Waals surface area contributed by atoms with Crippen molar-refractivity contribution in [3.05, 3.63) is 155 Å². The van der Waals surface area contributed by atoms with Gasteiger partial charge in [-0.25, -0.2) is 0 Å². The molecule has 0 saturated carbocycles. The fourth-order valence-corrected chi connectivity index (χ4v) is 6.01. The zero-order valence-electron chi connectivity index (χ0n) is 27.2. The molecule has 0 spiro atoms. The van der Waals surface area contributed by atoms with Crippen molar-refractivity contribution in [1.82, 2.24) is 5.32 Å². The number of rotatable bonds is 13. The molecular weight excluding hydrogens is 653 g/mol. The van der Waals surface area contributed by atoms with Gasteiger partial charge in [-0.2, -0.15) is 0 Å². The summed E-state index contributed by atoms with van der Waals surface area (Å²) in [6, 6.07) is 36.4. The van der Waals surface area contributed by atoms with Gasteiger partial charge in [-0.15, -0.1) is 11.8 Å². The summed E-state index contributed by atoms with van der Waals surface area (Å²) in [5.41, 5.74) is 8.05. The fourth-order valence-electron chi connectivity index (χ4n) is 4.92. The number of ether oxygens (including phenoxy) is 2. The first-order valence-electron chi connectivity index (χ1n) is 15.4. The number of anilines is 2. The van der Waals surface area contributed by atoms with Gasteiger partial charge in [0.05, 0.1) is 25.5 Å². The summed E-state index contributed by atoms with van der Waals surface area (Å²) in [6.07, 6.45) is 1.52. The van der Waals surface area contributed by atoms with Gasteiger partial charge in [0.25, 0.3) is 17.7 Å². The van der Waals surface area contributed by atoms with Crippen LogP contribution in [0.3, 0.4) is 0 Å². The van der Waals surface area contributed by atoms with E-state index >= 15 is 0 Å². The van der Waals surface area contributed by atoms with Crippen molar-refractivity contribution in [2.24, 2.45) is 5.73 Å². The van der Waals surface area contributed by atoms with E-state index in [9.17, 15) is 19.2 Å². The van der Waals surface area contributed by atoms with E-state index in [4.69, 9.17) is 15.2 Å². The first kappa shape index (κ1) is 35.0. The molecule has 5 N–H and O–H groups in total. The Balaban J connectivity index is 1.42. The highest BCUT2D eigenvalue weighted by Gasteiger charge is 2.24. The summed E-state index contributed by atoms with van der Waals surface area (Å²) in [6.45, 7) is 0. The summed E-state index contributed by atoms with van der Waals surface area (Å²) in [5, 5.41) is 7.72. The van der Waals surface area contributed by atoms with Crippen molar-refractivity contribution in [2.45, 2.75) is 10.1 Å². The first-order chi connectivity index (χ1) is 24.2. The molecule has 10 nitrogen and oxygen atoms in total. The lowest BCUT2D eigenvalue weighted by Gasteiger charge is -2.19. The fraction of sp³-hybridized carbons (Fsp3) is 0.0769. The highest BCUT2D eigenvalue weighted by molar-refractivity contribution is 8.00. The van der Waals surface area contributed by atoms with E-state index in [1.807, 2.05) is 36.4 Å². The van der Waals surface area contributed by atoms with Gasteiger partial charge in [0.1, 0.15) is 22.4 Å². The second-order valence-electron chi connectivity index (χ2n) is 10.8. The summed E-state index contributed by atoms with van der Waals surface area (Å²) in [5.74, 6) is -1.09. The van der Waals surface area contributed by atoms with E-state index in [2.05, 4.69) is 16.0 Å². The molecule has 0 aliphatic heterocycles. The third-order valence-electron chi connectivity index (χ3n) is 7.41. The molecule has 5 aromatic carbocycles. The standard InChI is InChI=1S/C39H34N4O6S/c1-48-29-21-20-27(34(24-29)49-2)22-33(43-37(45)26-14-7-4-8-15-26)38(46)41-28-16-11-17-30(23-28)50-35(25-12-5-3-6-13-25)39(47)42-32-19-10-9-18-31(32)36(40)44/h3-24,35H,1-2H3,(H2,40,44)(H,41,46)(H,42,47)(H,43,45)/b33-22+. The highest BCUT2D eigenvalue weighted by Crippen LogP contribution is 2.37. The Kier molecular flexibility index (Phi) is 11.7. The molecule has 0 fully saturated rings. The molecule has 1 atom stereocenters. The van der Waals surface area contributed by atoms with Crippen LogP contribution in [0.2, 0.25) is 0 Å². The molecule has 0 radical (unpaired) electrons. The lowest BCUT2D eigenvalue weighted by molar-refractivity contribution is -0.116. The Hall–Kier alpha value is -6.33. The predicted octanol–water partition coefficient (Wildman–Crippen LogP) is 6.68. The van der Waals surface area contributed by atoms with Crippen LogP contribution in [0.15, 0.2) is 138 Å². The Morgan fingerprint density at radius 1 is 0.740 bits per heavy atom. The molecule has 0 aliphatic rings. The number of methoxy groups -OCH3 is 2. The number of hydrogen-bond donors (Lipinski definition) is 4. The molecule has 50 heavy (non-hydrogen) atoms. The van der Waals surface area contributed by atoms with Crippen molar-refractivity contribution >= 4 is 52.8 Å². The second kappa shape index (κ2) is 16.7. The molecule has 0 bridgehead atoms. The van der Waals surface area contributed by atoms with Crippen molar-refractivity contribution in [3.63, 3.8) is 0 Å². The van der Waals surface area contributed by atoms with Gasteiger partial charge in [0, 0.05) is 27.8 Å². The molecule has 5 aromatic rings. The van der Waals surface area contributed by atoms with Crippen LogP contribution in [-0.4, -0.2) is 37.8 Å². The van der Waals surface area contributed by atoms with Gasteiger partial charge < -0.3 is 31.2 Å². The van der Waals surface area contributed by atoms with E-state index in [0.717, 1.165) is 5.56 Å². The van der Waals surface area contributed by atoms with Gasteiger partial charge in [-0.05, 0) is 66.2 Å². The zero-order chi connectivity index (χ0) is 35.5. The lowest BCUT2D eigenvalue weighted by atomic mass is 10.1. The maximum atomic E-state index is 13.8. The van der Waals surface area contributed by atoms with E-state index in [0.29, 0.717) is 38.9 Å². The number of thioether (sulfide) groups is 1. The maximum absolute atomic E-state index is 13.8. The normalized spacial score (nSPS) is 11.5. The molecule has 4 amide bonds. The van der Waals surface area contributed by atoms with Crippen LogP contribution in [0.25, 0.3) is 6.08 Å². The topological polar surface area (TPSA) is 149 Å². The largest absolute Gasteiger partial charge is 0.497 e. The van der Waals surface area contributed by atoms with E-state index in [1.165, 1.54) is 32.1 Å². The van der Waals surface area contributed by atoms with Crippen molar-refractivity contribution in [3.8, 4) is 11.5 Å². The van der Waals surface area contributed by atoms with Crippen LogP contribution in [-0.2, 0) is 9.59 Å². The molecule has 0 aromatic heterocycles. The molecule has 1 unspecified atom stereocenters. The van der Waals surface area contributed by atoms with Crippen LogP contribution < -0.4 is 31.2 Å². The van der Waals surface area contributed by atoms with Crippen LogP contribution >= 0.6 is 11.8 Å². The number of carbonyl (C=O) groups excluding carboxylic acids is 4. The van der Waals surface area contributed by atoms with Gasteiger partial charge in [0.2, 0.25) is 5.91 Å². The molecule has 11 heteroatoms. The predicted molar refractivity (Wildman–Crippen MR) is 195 cm³/mol. The van der Waals surface area contributed by atoms with E-state index in [-0.39, 0.29) is 17.2 Å². The van der Waals surface area contributed by atoms with E-state index < -0.39 is 23.0 Å². The Labute approximate surface area is 293 Å². The van der Waals surface area contributed by atoms with Crippen molar-refractivity contribution < 1.29 is 28.7 Å². The van der Waals surface area contributed by atoms with Gasteiger partial charge in [-0.1, -0.05) is 66.7 Å². The Bertz CT molecular complexity index is 2040. The van der Waals surface area contributed by atoms with Gasteiger partial charge in [-0.3, -0.25) is 19.2 Å². The molecular formula is C39H34N4O6S. The Morgan fingerprint density at radius 3 is 2.14 bits per heavy atom. The average molecular weight is 687 g/mol. The Morgan fingerprint density at radius 2 is 1.44 bits per heavy atom. The minimum atomic E-state index is -0.730. The number of primary amides is 1. The number of benzene rings is 5. The summed E-state index contributed by atoms with van der Waals surface area (Å²) in [7, 11) is 3.03. The van der Waals surface area contributed by atoms with Crippen molar-refractivity contribution in [1.29, 1.82) is 0 Å².